The van der Waals surface area contributed by atoms with Crippen LogP contribution >= 0.6 is 22.9 Å². The molecule has 1 N–H and O–H groups in total. The highest BCUT2D eigenvalue weighted by atomic mass is 35.5. The first-order valence-corrected chi connectivity index (χ1v) is 6.86. The van der Waals surface area contributed by atoms with E-state index in [1.807, 2.05) is 29.8 Å². The third-order valence-corrected chi connectivity index (χ3v) is 3.53. The van der Waals surface area contributed by atoms with Crippen LogP contribution in [0.5, 0.6) is 0 Å². The molecule has 2 nitrogen and oxygen atoms in total. The first-order valence-electron chi connectivity index (χ1n) is 5.60. The van der Waals surface area contributed by atoms with Gasteiger partial charge < -0.3 is 5.32 Å². The van der Waals surface area contributed by atoms with Gasteiger partial charge in [-0.25, -0.2) is 4.98 Å². The Morgan fingerprint density at radius 2 is 2.35 bits per heavy atom. The van der Waals surface area contributed by atoms with Crippen LogP contribution in [0, 0.1) is 0 Å². The maximum absolute atomic E-state index is 5.96. The van der Waals surface area contributed by atoms with Gasteiger partial charge in [0.25, 0.3) is 0 Å². The monoisotopic (exact) mass is 266 g/mol. The molecule has 0 bridgehead atoms. The van der Waals surface area contributed by atoms with Gasteiger partial charge in [0.15, 0.2) is 0 Å². The molecule has 1 atom stereocenters. The van der Waals surface area contributed by atoms with Crippen LogP contribution in [0.15, 0.2) is 35.8 Å². The molecule has 17 heavy (non-hydrogen) atoms. The Bertz CT molecular complexity index is 456. The van der Waals surface area contributed by atoms with Crippen LogP contribution < -0.4 is 5.32 Å². The summed E-state index contributed by atoms with van der Waals surface area (Å²) in [6.45, 7) is 3.01. The van der Waals surface area contributed by atoms with Gasteiger partial charge in [-0.3, -0.25) is 0 Å². The fourth-order valence-electron chi connectivity index (χ4n) is 1.69. The van der Waals surface area contributed by atoms with Crippen LogP contribution in [0.2, 0.25) is 5.02 Å². The summed E-state index contributed by atoms with van der Waals surface area (Å²) in [4.78, 5) is 4.24. The zero-order valence-corrected chi connectivity index (χ0v) is 11.3. The molecule has 1 aromatic heterocycles. The average molecular weight is 267 g/mol. The zero-order chi connectivity index (χ0) is 12.1. The van der Waals surface area contributed by atoms with Gasteiger partial charge >= 0.3 is 0 Å². The van der Waals surface area contributed by atoms with E-state index in [-0.39, 0.29) is 0 Å². The van der Waals surface area contributed by atoms with Crippen molar-refractivity contribution in [1.82, 2.24) is 10.3 Å². The Kier molecular flexibility index (Phi) is 4.54. The van der Waals surface area contributed by atoms with Crippen molar-refractivity contribution in [2.45, 2.75) is 25.9 Å². The highest BCUT2D eigenvalue weighted by Crippen LogP contribution is 2.12. The molecule has 2 aromatic rings. The molecule has 0 saturated heterocycles. The minimum atomic E-state index is 0.414. The molecule has 0 spiro atoms. The second-order valence-electron chi connectivity index (χ2n) is 4.04. The highest BCUT2D eigenvalue weighted by Gasteiger charge is 2.04. The van der Waals surface area contributed by atoms with Gasteiger partial charge in [-0.15, -0.1) is 11.3 Å². The predicted molar refractivity (Wildman–Crippen MR) is 73.6 cm³/mol. The number of hydrogen-bond acceptors (Lipinski definition) is 3. The maximum atomic E-state index is 5.96. The fraction of sp³-hybridized carbons (Fsp3) is 0.308. The normalized spacial score (nSPS) is 12.6. The molecule has 0 saturated carbocycles. The summed E-state index contributed by atoms with van der Waals surface area (Å²) >= 11 is 7.64. The predicted octanol–water partition coefficient (Wildman–Crippen LogP) is 3.52. The van der Waals surface area contributed by atoms with Crippen molar-refractivity contribution in [2.24, 2.45) is 0 Å². The number of hydrogen-bond donors (Lipinski definition) is 1. The molecule has 0 aliphatic heterocycles. The van der Waals surface area contributed by atoms with Gasteiger partial charge in [-0.2, -0.15) is 0 Å². The lowest BCUT2D eigenvalue weighted by molar-refractivity contribution is 0.544. The minimum Gasteiger partial charge on any atom is -0.308 e. The molecule has 4 heteroatoms. The topological polar surface area (TPSA) is 24.9 Å². The SMILES string of the molecule is CC(Cc1cccc(Cl)c1)NCc1nccs1. The van der Waals surface area contributed by atoms with E-state index in [1.54, 1.807) is 11.3 Å². The van der Waals surface area contributed by atoms with E-state index in [2.05, 4.69) is 23.3 Å². The Morgan fingerprint density at radius 3 is 3.06 bits per heavy atom. The molecule has 90 valence electrons. The molecular weight excluding hydrogens is 252 g/mol. The molecule has 1 aromatic carbocycles. The number of rotatable bonds is 5. The van der Waals surface area contributed by atoms with E-state index in [9.17, 15) is 0 Å². The maximum Gasteiger partial charge on any atom is 0.106 e. The van der Waals surface area contributed by atoms with Crippen molar-refractivity contribution in [3.8, 4) is 0 Å². The van der Waals surface area contributed by atoms with Crippen LogP contribution in [-0.2, 0) is 13.0 Å². The van der Waals surface area contributed by atoms with Crippen molar-refractivity contribution < 1.29 is 0 Å². The fourth-order valence-corrected chi connectivity index (χ4v) is 2.47. The Balaban J connectivity index is 1.83. The Hall–Kier alpha value is -0.900. The van der Waals surface area contributed by atoms with E-state index in [0.29, 0.717) is 6.04 Å². The molecule has 0 fully saturated rings. The number of aromatic nitrogens is 1. The van der Waals surface area contributed by atoms with E-state index in [4.69, 9.17) is 11.6 Å². The average Bonchev–Trinajstić information content (AvgIpc) is 2.79. The summed E-state index contributed by atoms with van der Waals surface area (Å²) in [5, 5.41) is 7.38. The van der Waals surface area contributed by atoms with E-state index in [1.165, 1.54) is 5.56 Å². The van der Waals surface area contributed by atoms with Crippen LogP contribution in [-0.4, -0.2) is 11.0 Å². The van der Waals surface area contributed by atoms with E-state index >= 15 is 0 Å². The van der Waals surface area contributed by atoms with Gasteiger partial charge in [0.1, 0.15) is 5.01 Å². The summed E-state index contributed by atoms with van der Waals surface area (Å²) in [6.07, 6.45) is 2.81. The van der Waals surface area contributed by atoms with Crippen molar-refractivity contribution in [2.75, 3.05) is 0 Å². The molecule has 1 heterocycles. The molecule has 2 rings (SSSR count). The standard InChI is InChI=1S/C13H15ClN2S/c1-10(16-9-13-15-5-6-17-13)7-11-3-2-4-12(14)8-11/h2-6,8,10,16H,7,9H2,1H3. The van der Waals surface area contributed by atoms with Crippen LogP contribution in [0.4, 0.5) is 0 Å². The smallest absolute Gasteiger partial charge is 0.106 e. The van der Waals surface area contributed by atoms with Gasteiger partial charge in [-0.1, -0.05) is 23.7 Å². The molecule has 0 aliphatic carbocycles. The molecular formula is C13H15ClN2S. The third kappa shape index (κ3) is 4.11. The van der Waals surface area contributed by atoms with Crippen molar-refractivity contribution in [3.63, 3.8) is 0 Å². The van der Waals surface area contributed by atoms with Crippen molar-refractivity contribution in [3.05, 3.63) is 51.4 Å². The summed E-state index contributed by atoms with van der Waals surface area (Å²) in [6, 6.07) is 8.43. The summed E-state index contributed by atoms with van der Waals surface area (Å²) in [5.74, 6) is 0. The number of nitrogens with one attached hydrogen (secondary N) is 1. The third-order valence-electron chi connectivity index (χ3n) is 2.52. The van der Waals surface area contributed by atoms with Crippen LogP contribution in [0.1, 0.15) is 17.5 Å². The number of nitrogens with zero attached hydrogens (tertiary/aromatic N) is 1. The lowest BCUT2D eigenvalue weighted by atomic mass is 10.1. The van der Waals surface area contributed by atoms with Crippen LogP contribution in [0.3, 0.4) is 0 Å². The second-order valence-corrected chi connectivity index (χ2v) is 5.46. The van der Waals surface area contributed by atoms with E-state index < -0.39 is 0 Å². The highest BCUT2D eigenvalue weighted by molar-refractivity contribution is 7.09. The Morgan fingerprint density at radius 1 is 1.47 bits per heavy atom. The molecule has 1 unspecified atom stereocenters. The van der Waals surface area contributed by atoms with Crippen LogP contribution in [0.25, 0.3) is 0 Å². The number of benzene rings is 1. The molecule has 0 amide bonds. The lowest BCUT2D eigenvalue weighted by Gasteiger charge is -2.12. The largest absolute Gasteiger partial charge is 0.308 e. The van der Waals surface area contributed by atoms with Crippen molar-refractivity contribution >= 4 is 22.9 Å². The lowest BCUT2D eigenvalue weighted by Crippen LogP contribution is -2.27. The Labute approximate surface area is 111 Å². The second kappa shape index (κ2) is 6.15. The summed E-state index contributed by atoms with van der Waals surface area (Å²) in [7, 11) is 0. The first-order chi connectivity index (χ1) is 8.24. The summed E-state index contributed by atoms with van der Waals surface area (Å²) < 4.78 is 0. The molecule has 0 radical (unpaired) electrons. The minimum absolute atomic E-state index is 0.414. The van der Waals surface area contributed by atoms with E-state index in [0.717, 1.165) is 23.0 Å². The van der Waals surface area contributed by atoms with Gasteiger partial charge in [0.2, 0.25) is 0 Å². The van der Waals surface area contributed by atoms with Gasteiger partial charge in [0.05, 0.1) is 0 Å². The van der Waals surface area contributed by atoms with Crippen molar-refractivity contribution in [1.29, 1.82) is 0 Å². The number of halogens is 1. The first kappa shape index (κ1) is 12.6. The zero-order valence-electron chi connectivity index (χ0n) is 9.69. The molecule has 0 aliphatic rings. The summed E-state index contributed by atoms with van der Waals surface area (Å²) in [5.41, 5.74) is 1.26. The van der Waals surface area contributed by atoms with Gasteiger partial charge in [-0.05, 0) is 31.0 Å². The quantitative estimate of drug-likeness (QED) is 0.896. The van der Waals surface area contributed by atoms with Gasteiger partial charge in [0, 0.05) is 29.2 Å². The number of thiazole rings is 1.